The van der Waals surface area contributed by atoms with Gasteiger partial charge in [-0.2, -0.15) is 0 Å². The van der Waals surface area contributed by atoms with Crippen LogP contribution in [-0.2, 0) is 17.8 Å². The third-order valence-electron chi connectivity index (χ3n) is 3.22. The van der Waals surface area contributed by atoms with Crippen molar-refractivity contribution in [3.8, 4) is 0 Å². The normalized spacial score (nSPS) is 15.1. The lowest BCUT2D eigenvalue weighted by molar-refractivity contribution is 0.0196. The molecule has 2 aromatic rings. The molecule has 0 radical (unpaired) electrons. The van der Waals surface area contributed by atoms with Gasteiger partial charge in [-0.15, -0.1) is 0 Å². The Kier molecular flexibility index (Phi) is 2.96. The number of aromatic nitrogens is 4. The highest BCUT2D eigenvalue weighted by Gasteiger charge is 2.28. The quantitative estimate of drug-likeness (QED) is 0.781. The molecule has 0 aromatic carbocycles. The van der Waals surface area contributed by atoms with Gasteiger partial charge in [0.25, 0.3) is 0 Å². The molecule has 2 N–H and O–H groups in total. The Morgan fingerprint density at radius 3 is 2.81 bits per heavy atom. The van der Waals surface area contributed by atoms with Crippen LogP contribution in [0, 0.1) is 0 Å². The van der Waals surface area contributed by atoms with E-state index >= 15 is 0 Å². The minimum atomic E-state index is -0.509. The fourth-order valence-corrected chi connectivity index (χ4v) is 2.31. The smallest absolute Gasteiger partial charge is 0.410 e. The zero-order chi connectivity index (χ0) is 15.2. The molecule has 0 saturated heterocycles. The van der Waals surface area contributed by atoms with Gasteiger partial charge in [0.1, 0.15) is 17.8 Å². The maximum atomic E-state index is 12.1. The fraction of sp³-hybridized carbons (Fsp3) is 0.538. The summed E-state index contributed by atoms with van der Waals surface area (Å²) in [6.07, 6.45) is 1.09. The number of carbonyl (C=O) groups excluding carboxylic acids is 1. The molecule has 2 aromatic heterocycles. The van der Waals surface area contributed by atoms with Gasteiger partial charge in [-0.05, 0) is 20.8 Å². The van der Waals surface area contributed by atoms with Crippen LogP contribution in [0.3, 0.4) is 0 Å². The average molecular weight is 290 g/mol. The Balaban J connectivity index is 1.88. The molecule has 0 atom stereocenters. The van der Waals surface area contributed by atoms with Crippen LogP contribution in [-0.4, -0.2) is 42.7 Å². The number of nitrogens with two attached hydrogens (primary N) is 1. The van der Waals surface area contributed by atoms with Gasteiger partial charge in [0.15, 0.2) is 17.0 Å². The van der Waals surface area contributed by atoms with Crippen molar-refractivity contribution in [2.75, 3.05) is 12.3 Å². The molecule has 0 aliphatic carbocycles. The predicted octanol–water partition coefficient (Wildman–Crippen LogP) is 1.16. The van der Waals surface area contributed by atoms with Crippen molar-refractivity contribution in [3.63, 3.8) is 0 Å². The first-order valence-corrected chi connectivity index (χ1v) is 6.78. The zero-order valence-corrected chi connectivity index (χ0v) is 12.3. The summed E-state index contributed by atoms with van der Waals surface area (Å²) in [5.41, 5.74) is 6.60. The topological polar surface area (TPSA) is 99.2 Å². The lowest BCUT2D eigenvalue weighted by Crippen LogP contribution is -2.41. The Hall–Kier alpha value is -2.38. The molecule has 3 rings (SSSR count). The Bertz CT molecular complexity index is 702. The summed E-state index contributed by atoms with van der Waals surface area (Å²) >= 11 is 0. The van der Waals surface area contributed by atoms with Gasteiger partial charge in [-0.25, -0.2) is 19.7 Å². The Morgan fingerprint density at radius 2 is 2.10 bits per heavy atom. The SMILES string of the molecule is CC(C)(C)OC(=O)N1CCn2c(nc3c(N)ncnc32)C1. The number of hydrogen-bond donors (Lipinski definition) is 1. The second-order valence-corrected chi connectivity index (χ2v) is 6.01. The summed E-state index contributed by atoms with van der Waals surface area (Å²) in [7, 11) is 0. The third kappa shape index (κ3) is 2.48. The highest BCUT2D eigenvalue weighted by Crippen LogP contribution is 2.22. The van der Waals surface area contributed by atoms with Crippen LogP contribution in [0.25, 0.3) is 11.2 Å². The molecule has 112 valence electrons. The Morgan fingerprint density at radius 1 is 1.33 bits per heavy atom. The van der Waals surface area contributed by atoms with E-state index in [9.17, 15) is 4.79 Å². The van der Waals surface area contributed by atoms with Crippen LogP contribution >= 0.6 is 0 Å². The zero-order valence-electron chi connectivity index (χ0n) is 12.3. The molecule has 1 aliphatic heterocycles. The van der Waals surface area contributed by atoms with Crippen molar-refractivity contribution < 1.29 is 9.53 Å². The van der Waals surface area contributed by atoms with Crippen molar-refractivity contribution >= 4 is 23.1 Å². The van der Waals surface area contributed by atoms with Gasteiger partial charge in [0.05, 0.1) is 6.54 Å². The molecule has 0 fully saturated rings. The first-order valence-electron chi connectivity index (χ1n) is 6.78. The maximum Gasteiger partial charge on any atom is 0.410 e. The summed E-state index contributed by atoms with van der Waals surface area (Å²) in [5.74, 6) is 1.10. The second-order valence-electron chi connectivity index (χ2n) is 6.01. The number of carbonyl (C=O) groups is 1. The minimum Gasteiger partial charge on any atom is -0.444 e. The highest BCUT2D eigenvalue weighted by atomic mass is 16.6. The summed E-state index contributed by atoms with van der Waals surface area (Å²) in [4.78, 5) is 26.4. The first kappa shape index (κ1) is 13.6. The number of hydrogen-bond acceptors (Lipinski definition) is 6. The number of amides is 1. The summed E-state index contributed by atoms with van der Waals surface area (Å²) in [5, 5.41) is 0. The molecule has 1 amide bonds. The standard InChI is InChI=1S/C13H18N6O2/c1-13(2,3)21-12(20)18-4-5-19-8(6-18)17-9-10(14)15-7-16-11(9)19/h7H,4-6H2,1-3H3,(H2,14,15,16). The molecule has 1 aliphatic rings. The minimum absolute atomic E-state index is 0.333. The molecule has 8 nitrogen and oxygen atoms in total. The molecule has 0 unspecified atom stereocenters. The lowest BCUT2D eigenvalue weighted by Gasteiger charge is -2.30. The van der Waals surface area contributed by atoms with E-state index in [1.807, 2.05) is 25.3 Å². The monoisotopic (exact) mass is 290 g/mol. The van der Waals surface area contributed by atoms with Crippen molar-refractivity contribution in [3.05, 3.63) is 12.2 Å². The third-order valence-corrected chi connectivity index (χ3v) is 3.22. The van der Waals surface area contributed by atoms with Gasteiger partial charge in [0, 0.05) is 13.1 Å². The van der Waals surface area contributed by atoms with E-state index in [1.54, 1.807) is 4.90 Å². The molecular weight excluding hydrogens is 272 g/mol. The number of imidazole rings is 1. The molecule has 3 heterocycles. The molecule has 8 heteroatoms. The van der Waals surface area contributed by atoms with Gasteiger partial charge >= 0.3 is 6.09 Å². The fourth-order valence-electron chi connectivity index (χ4n) is 2.31. The molecule has 0 saturated carbocycles. The van der Waals surface area contributed by atoms with E-state index < -0.39 is 5.60 Å². The number of rotatable bonds is 0. The molecule has 0 bridgehead atoms. The number of fused-ring (bicyclic) bond motifs is 3. The van der Waals surface area contributed by atoms with Crippen LogP contribution in [0.2, 0.25) is 0 Å². The largest absolute Gasteiger partial charge is 0.444 e. The lowest BCUT2D eigenvalue weighted by atomic mass is 10.2. The van der Waals surface area contributed by atoms with Gasteiger partial charge in [-0.3, -0.25) is 4.90 Å². The molecule has 0 spiro atoms. The number of nitrogens with zero attached hydrogens (tertiary/aromatic N) is 5. The van der Waals surface area contributed by atoms with Crippen LogP contribution < -0.4 is 5.73 Å². The predicted molar refractivity (Wildman–Crippen MR) is 76.4 cm³/mol. The Labute approximate surface area is 121 Å². The van der Waals surface area contributed by atoms with E-state index in [1.165, 1.54) is 6.33 Å². The first-order chi connectivity index (χ1) is 9.85. The van der Waals surface area contributed by atoms with Gasteiger partial charge in [-0.1, -0.05) is 0 Å². The van der Waals surface area contributed by atoms with Crippen LogP contribution in [0.1, 0.15) is 26.6 Å². The molecular formula is C13H18N6O2. The van der Waals surface area contributed by atoms with E-state index in [-0.39, 0.29) is 6.09 Å². The van der Waals surface area contributed by atoms with E-state index in [0.29, 0.717) is 36.6 Å². The van der Waals surface area contributed by atoms with Gasteiger partial charge in [0.2, 0.25) is 0 Å². The van der Waals surface area contributed by atoms with Crippen molar-refractivity contribution in [2.45, 2.75) is 39.5 Å². The second kappa shape index (κ2) is 4.57. The summed E-state index contributed by atoms with van der Waals surface area (Å²) in [6, 6.07) is 0. The van der Waals surface area contributed by atoms with Crippen molar-refractivity contribution in [1.82, 2.24) is 24.4 Å². The van der Waals surface area contributed by atoms with E-state index in [0.717, 1.165) is 5.82 Å². The van der Waals surface area contributed by atoms with Gasteiger partial charge < -0.3 is 15.0 Å². The van der Waals surface area contributed by atoms with Crippen molar-refractivity contribution in [2.24, 2.45) is 0 Å². The van der Waals surface area contributed by atoms with Crippen LogP contribution in [0.4, 0.5) is 10.6 Å². The number of nitrogen functional groups attached to an aromatic ring is 1. The highest BCUT2D eigenvalue weighted by molar-refractivity contribution is 5.82. The number of ether oxygens (including phenoxy) is 1. The van der Waals surface area contributed by atoms with E-state index in [2.05, 4.69) is 15.0 Å². The number of anilines is 1. The molecule has 21 heavy (non-hydrogen) atoms. The average Bonchev–Trinajstić information content (AvgIpc) is 2.76. The van der Waals surface area contributed by atoms with Crippen molar-refractivity contribution in [1.29, 1.82) is 0 Å². The van der Waals surface area contributed by atoms with E-state index in [4.69, 9.17) is 10.5 Å². The van der Waals surface area contributed by atoms with Crippen LogP contribution in [0.5, 0.6) is 0 Å². The van der Waals surface area contributed by atoms with Crippen LogP contribution in [0.15, 0.2) is 6.33 Å². The summed E-state index contributed by atoms with van der Waals surface area (Å²) in [6.45, 7) is 7.09. The maximum absolute atomic E-state index is 12.1. The summed E-state index contributed by atoms with van der Waals surface area (Å²) < 4.78 is 7.35.